The summed E-state index contributed by atoms with van der Waals surface area (Å²) in [4.78, 5) is 0. The number of aromatic nitrogens is 2. The van der Waals surface area contributed by atoms with Gasteiger partial charge >= 0.3 is 0 Å². The van der Waals surface area contributed by atoms with Gasteiger partial charge < -0.3 is 5.73 Å². The van der Waals surface area contributed by atoms with Crippen molar-refractivity contribution in [3.63, 3.8) is 0 Å². The quantitative estimate of drug-likeness (QED) is 0.663. The number of halogens is 1. The van der Waals surface area contributed by atoms with Gasteiger partial charge in [-0.15, -0.1) is 0 Å². The lowest BCUT2D eigenvalue weighted by Gasteiger charge is -2.05. The lowest BCUT2D eigenvalue weighted by atomic mass is 10.1. The molecule has 2 aromatic carbocycles. The highest BCUT2D eigenvalue weighted by Gasteiger charge is 2.16. The van der Waals surface area contributed by atoms with Gasteiger partial charge in [-0.1, -0.05) is 36.4 Å². The van der Waals surface area contributed by atoms with Crippen LogP contribution in [0.3, 0.4) is 0 Å². The van der Waals surface area contributed by atoms with Gasteiger partial charge in [0.1, 0.15) is 5.82 Å². The minimum absolute atomic E-state index is 0.688. The molecule has 3 nitrogen and oxygen atoms in total. The predicted molar refractivity (Wildman–Crippen MR) is 95.6 cm³/mol. The number of benzene rings is 2. The number of nitrogen functional groups attached to an aromatic ring is 1. The van der Waals surface area contributed by atoms with Gasteiger partial charge in [0.2, 0.25) is 0 Å². The summed E-state index contributed by atoms with van der Waals surface area (Å²) in [5.41, 5.74) is 11.6. The maximum absolute atomic E-state index is 6.26. The smallest absolute Gasteiger partial charge is 0.130 e. The number of nitrogens with two attached hydrogens (primary N) is 1. The van der Waals surface area contributed by atoms with Crippen molar-refractivity contribution in [3.8, 4) is 16.9 Å². The van der Waals surface area contributed by atoms with E-state index in [0.717, 1.165) is 22.5 Å². The molecule has 3 rings (SSSR count). The Bertz CT molecular complexity index is 791. The van der Waals surface area contributed by atoms with Crippen LogP contribution in [-0.2, 0) is 0 Å². The SMILES string of the molecule is Cc1cccc(-c2nn(-c3ccccc3)c(N)c2C)c1I. The predicted octanol–water partition coefficient (Wildman–Crippen LogP) is 4.34. The monoisotopic (exact) mass is 389 g/mol. The van der Waals surface area contributed by atoms with Crippen LogP contribution in [0.2, 0.25) is 0 Å². The van der Waals surface area contributed by atoms with Crippen LogP contribution >= 0.6 is 22.6 Å². The van der Waals surface area contributed by atoms with E-state index in [4.69, 9.17) is 10.8 Å². The third kappa shape index (κ3) is 2.44. The molecule has 0 aliphatic heterocycles. The summed E-state index contributed by atoms with van der Waals surface area (Å²) < 4.78 is 3.03. The molecule has 2 N–H and O–H groups in total. The van der Waals surface area contributed by atoms with Crippen molar-refractivity contribution in [1.29, 1.82) is 0 Å². The molecule has 0 fully saturated rings. The molecule has 0 aliphatic rings. The standard InChI is InChI=1S/C17H16IN3/c1-11-7-6-10-14(15(11)18)16-12(2)17(19)21(20-16)13-8-4-3-5-9-13/h3-10H,19H2,1-2H3. The van der Waals surface area contributed by atoms with Crippen LogP contribution in [0.1, 0.15) is 11.1 Å². The van der Waals surface area contributed by atoms with E-state index in [1.54, 1.807) is 0 Å². The molecule has 0 saturated heterocycles. The first-order valence-corrected chi connectivity index (χ1v) is 7.83. The molecular formula is C17H16IN3. The molecule has 0 aliphatic carbocycles. The topological polar surface area (TPSA) is 43.8 Å². The third-order valence-electron chi connectivity index (χ3n) is 3.62. The second-order valence-corrected chi connectivity index (χ2v) is 6.12. The molecular weight excluding hydrogens is 373 g/mol. The summed E-state index contributed by atoms with van der Waals surface area (Å²) in [6, 6.07) is 16.2. The van der Waals surface area contributed by atoms with Crippen molar-refractivity contribution in [2.45, 2.75) is 13.8 Å². The molecule has 0 radical (unpaired) electrons. The summed E-state index contributed by atoms with van der Waals surface area (Å²) in [5, 5.41) is 4.74. The van der Waals surface area contributed by atoms with Gasteiger partial charge in [-0.3, -0.25) is 0 Å². The number of para-hydroxylation sites is 1. The lowest BCUT2D eigenvalue weighted by Crippen LogP contribution is -2.01. The van der Waals surface area contributed by atoms with Crippen LogP contribution in [0.5, 0.6) is 0 Å². The number of hydrogen-bond acceptors (Lipinski definition) is 2. The Balaban J connectivity index is 2.20. The first-order chi connectivity index (χ1) is 10.1. The van der Waals surface area contributed by atoms with Crippen LogP contribution in [0.4, 0.5) is 5.82 Å². The van der Waals surface area contributed by atoms with Crippen LogP contribution in [-0.4, -0.2) is 9.78 Å². The van der Waals surface area contributed by atoms with E-state index in [2.05, 4.69) is 47.7 Å². The first kappa shape index (κ1) is 14.1. The summed E-state index contributed by atoms with van der Waals surface area (Å²) in [6.07, 6.45) is 0. The van der Waals surface area contributed by atoms with E-state index in [1.165, 1.54) is 9.13 Å². The second kappa shape index (κ2) is 5.52. The molecule has 0 unspecified atom stereocenters. The van der Waals surface area contributed by atoms with Gasteiger partial charge in [0.15, 0.2) is 0 Å². The summed E-state index contributed by atoms with van der Waals surface area (Å²) in [6.45, 7) is 4.13. The Hall–Kier alpha value is -1.82. The minimum atomic E-state index is 0.688. The fourth-order valence-corrected chi connectivity index (χ4v) is 2.98. The van der Waals surface area contributed by atoms with E-state index >= 15 is 0 Å². The van der Waals surface area contributed by atoms with Gasteiger partial charge in [0.05, 0.1) is 11.4 Å². The molecule has 0 atom stereocenters. The van der Waals surface area contributed by atoms with Crippen molar-refractivity contribution >= 4 is 28.4 Å². The molecule has 21 heavy (non-hydrogen) atoms. The van der Waals surface area contributed by atoms with Gasteiger partial charge in [-0.05, 0) is 54.1 Å². The maximum Gasteiger partial charge on any atom is 0.130 e. The largest absolute Gasteiger partial charge is 0.383 e. The maximum atomic E-state index is 6.26. The Kier molecular flexibility index (Phi) is 3.71. The van der Waals surface area contributed by atoms with Crippen LogP contribution in [0.15, 0.2) is 48.5 Å². The van der Waals surface area contributed by atoms with E-state index in [9.17, 15) is 0 Å². The van der Waals surface area contributed by atoms with Gasteiger partial charge in [-0.25, -0.2) is 4.68 Å². The molecule has 0 bridgehead atoms. The number of hydrogen-bond donors (Lipinski definition) is 1. The van der Waals surface area contributed by atoms with Crippen LogP contribution in [0, 0.1) is 17.4 Å². The number of aryl methyl sites for hydroxylation is 1. The van der Waals surface area contributed by atoms with Crippen molar-refractivity contribution in [1.82, 2.24) is 9.78 Å². The van der Waals surface area contributed by atoms with Gasteiger partial charge in [0.25, 0.3) is 0 Å². The molecule has 106 valence electrons. The van der Waals surface area contributed by atoms with E-state index in [1.807, 2.05) is 41.9 Å². The first-order valence-electron chi connectivity index (χ1n) is 6.75. The van der Waals surface area contributed by atoms with E-state index < -0.39 is 0 Å². The molecule has 1 aromatic heterocycles. The minimum Gasteiger partial charge on any atom is -0.383 e. The Labute approximate surface area is 137 Å². The Morgan fingerprint density at radius 3 is 2.43 bits per heavy atom. The molecule has 3 aromatic rings. The Morgan fingerprint density at radius 1 is 1.00 bits per heavy atom. The second-order valence-electron chi connectivity index (χ2n) is 5.04. The van der Waals surface area contributed by atoms with Crippen molar-refractivity contribution < 1.29 is 0 Å². The molecule has 0 amide bonds. The fraction of sp³-hybridized carbons (Fsp3) is 0.118. The molecule has 0 saturated carbocycles. The average Bonchev–Trinajstić information content (AvgIpc) is 2.79. The van der Waals surface area contributed by atoms with Crippen LogP contribution < -0.4 is 5.73 Å². The Morgan fingerprint density at radius 2 is 1.71 bits per heavy atom. The normalized spacial score (nSPS) is 10.8. The van der Waals surface area contributed by atoms with E-state index in [0.29, 0.717) is 5.82 Å². The van der Waals surface area contributed by atoms with Crippen LogP contribution in [0.25, 0.3) is 16.9 Å². The molecule has 4 heteroatoms. The number of rotatable bonds is 2. The highest BCUT2D eigenvalue weighted by molar-refractivity contribution is 14.1. The third-order valence-corrected chi connectivity index (χ3v) is 5.05. The van der Waals surface area contributed by atoms with Crippen molar-refractivity contribution in [2.75, 3.05) is 5.73 Å². The number of nitrogens with zero attached hydrogens (tertiary/aromatic N) is 2. The zero-order chi connectivity index (χ0) is 15.0. The highest BCUT2D eigenvalue weighted by atomic mass is 127. The average molecular weight is 389 g/mol. The summed E-state index contributed by atoms with van der Waals surface area (Å²) in [5.74, 6) is 0.688. The number of anilines is 1. The zero-order valence-corrected chi connectivity index (χ0v) is 14.1. The highest BCUT2D eigenvalue weighted by Crippen LogP contribution is 2.32. The van der Waals surface area contributed by atoms with E-state index in [-0.39, 0.29) is 0 Å². The fourth-order valence-electron chi connectivity index (χ4n) is 2.36. The molecule has 1 heterocycles. The van der Waals surface area contributed by atoms with Gasteiger partial charge in [0, 0.05) is 14.7 Å². The lowest BCUT2D eigenvalue weighted by molar-refractivity contribution is 0.894. The van der Waals surface area contributed by atoms with Crippen molar-refractivity contribution in [2.24, 2.45) is 0 Å². The summed E-state index contributed by atoms with van der Waals surface area (Å²) in [7, 11) is 0. The van der Waals surface area contributed by atoms with Crippen molar-refractivity contribution in [3.05, 3.63) is 63.2 Å². The summed E-state index contributed by atoms with van der Waals surface area (Å²) >= 11 is 2.37. The zero-order valence-electron chi connectivity index (χ0n) is 12.0. The molecule has 0 spiro atoms. The van der Waals surface area contributed by atoms with Gasteiger partial charge in [-0.2, -0.15) is 5.10 Å².